The van der Waals surface area contributed by atoms with Gasteiger partial charge in [-0.1, -0.05) is 0 Å². The van der Waals surface area contributed by atoms with Crippen LogP contribution in [0.2, 0.25) is 0 Å². The fourth-order valence-electron chi connectivity index (χ4n) is 3.15. The molecule has 1 saturated heterocycles. The molecule has 0 spiro atoms. The van der Waals surface area contributed by atoms with Crippen LogP contribution >= 0.6 is 0 Å². The molecule has 1 amide bonds. The average Bonchev–Trinajstić information content (AvgIpc) is 2.66. The predicted octanol–water partition coefficient (Wildman–Crippen LogP) is 3.89. The van der Waals surface area contributed by atoms with Crippen LogP contribution in [0.5, 0.6) is 11.5 Å². The van der Waals surface area contributed by atoms with E-state index < -0.39 is 17.9 Å². The van der Waals surface area contributed by atoms with Crippen molar-refractivity contribution in [3.05, 3.63) is 29.8 Å². The quantitative estimate of drug-likeness (QED) is 0.391. The number of piperidine rings is 1. The van der Waals surface area contributed by atoms with Crippen LogP contribution in [0.1, 0.15) is 58.9 Å². The maximum absolute atomic E-state index is 12.2. The van der Waals surface area contributed by atoms with Crippen molar-refractivity contribution in [2.24, 2.45) is 0 Å². The summed E-state index contributed by atoms with van der Waals surface area (Å²) >= 11 is 0. The number of likely N-dealkylation sites (tertiary alicyclic amines) is 1. The van der Waals surface area contributed by atoms with Crippen LogP contribution in [-0.2, 0) is 19.1 Å². The summed E-state index contributed by atoms with van der Waals surface area (Å²) in [5, 5.41) is 10.2. The van der Waals surface area contributed by atoms with Crippen LogP contribution in [0.15, 0.2) is 24.3 Å². The van der Waals surface area contributed by atoms with Crippen LogP contribution in [0.3, 0.4) is 0 Å². The molecule has 0 radical (unpaired) electrons. The molecule has 1 aliphatic heterocycles. The second-order valence-corrected chi connectivity index (χ2v) is 8.33. The average molecular weight is 420 g/mol. The van der Waals surface area contributed by atoms with E-state index >= 15 is 0 Å². The lowest BCUT2D eigenvalue weighted by molar-refractivity contribution is -0.197. The molecule has 1 aromatic rings. The lowest BCUT2D eigenvalue weighted by Gasteiger charge is -2.25. The van der Waals surface area contributed by atoms with E-state index in [1.165, 1.54) is 12.1 Å². The minimum atomic E-state index is -0.639. The lowest BCUT2D eigenvalue weighted by atomic mass is 10.1. The number of carbonyl (C=O) groups is 2. The Labute approximate surface area is 178 Å². The highest BCUT2D eigenvalue weighted by molar-refractivity contribution is 5.92. The first kappa shape index (κ1) is 23.7. The number of phenolic OH excluding ortho intramolecular Hbond substituents is 1. The molecule has 0 bridgehead atoms. The van der Waals surface area contributed by atoms with Gasteiger partial charge >= 0.3 is 5.97 Å². The number of carbonyl (C=O) groups excluding carboxylic acids is 2. The third-order valence-electron chi connectivity index (χ3n) is 4.47. The van der Waals surface area contributed by atoms with Gasteiger partial charge in [-0.05, 0) is 65.2 Å². The number of nitrogens with zero attached hydrogens (tertiary/aromatic N) is 1. The molecule has 0 saturated carbocycles. The lowest BCUT2D eigenvalue weighted by Crippen LogP contribution is -2.34. The molecule has 1 aromatic carbocycles. The maximum Gasteiger partial charge on any atom is 0.311 e. The molecule has 1 heterocycles. The second kappa shape index (κ2) is 11.0. The molecule has 0 aromatic heterocycles. The number of phenols is 1. The van der Waals surface area contributed by atoms with Gasteiger partial charge < -0.3 is 24.2 Å². The van der Waals surface area contributed by atoms with Crippen molar-refractivity contribution in [3.63, 3.8) is 0 Å². The normalized spacial score (nSPS) is 15.8. The fourth-order valence-corrected chi connectivity index (χ4v) is 3.15. The van der Waals surface area contributed by atoms with Gasteiger partial charge in [0.2, 0.25) is 12.2 Å². The summed E-state index contributed by atoms with van der Waals surface area (Å²) < 4.78 is 16.2. The number of rotatable bonds is 8. The molecule has 1 N–H and O–H groups in total. The Balaban J connectivity index is 1.79. The van der Waals surface area contributed by atoms with Gasteiger partial charge in [0.15, 0.2) is 0 Å². The molecule has 1 atom stereocenters. The van der Waals surface area contributed by atoms with Gasteiger partial charge in [-0.15, -0.1) is 0 Å². The molecule has 1 fully saturated rings. The molecule has 1 unspecified atom stereocenters. The van der Waals surface area contributed by atoms with Crippen molar-refractivity contribution in [1.82, 2.24) is 4.90 Å². The number of hydrogen-bond acceptors (Lipinski definition) is 6. The third kappa shape index (κ3) is 8.45. The van der Waals surface area contributed by atoms with Gasteiger partial charge in [0.25, 0.3) is 0 Å². The Bertz CT molecular complexity index is 747. The smallest absolute Gasteiger partial charge is 0.311 e. The predicted molar refractivity (Wildman–Crippen MR) is 114 cm³/mol. The van der Waals surface area contributed by atoms with Gasteiger partial charge in [0, 0.05) is 30.8 Å². The Hall–Kier alpha value is -2.54. The Morgan fingerprint density at radius 3 is 2.53 bits per heavy atom. The van der Waals surface area contributed by atoms with Gasteiger partial charge in [-0.25, -0.2) is 0 Å². The van der Waals surface area contributed by atoms with E-state index in [2.05, 4.69) is 0 Å². The molecule has 1 aliphatic rings. The van der Waals surface area contributed by atoms with Crippen LogP contribution < -0.4 is 4.74 Å². The Morgan fingerprint density at radius 1 is 1.20 bits per heavy atom. The monoisotopic (exact) mass is 419 g/mol. The second-order valence-electron chi connectivity index (χ2n) is 8.33. The van der Waals surface area contributed by atoms with Gasteiger partial charge in [-0.3, -0.25) is 9.59 Å². The molecular weight excluding hydrogens is 386 g/mol. The highest BCUT2D eigenvalue weighted by Gasteiger charge is 2.18. The van der Waals surface area contributed by atoms with Crippen LogP contribution in [0, 0.1) is 0 Å². The summed E-state index contributed by atoms with van der Waals surface area (Å²) in [6, 6.07) is 4.81. The molecule has 7 heteroatoms. The van der Waals surface area contributed by atoms with E-state index in [9.17, 15) is 14.7 Å². The molecule has 2 rings (SSSR count). The van der Waals surface area contributed by atoms with Gasteiger partial charge in [0.1, 0.15) is 11.5 Å². The summed E-state index contributed by atoms with van der Waals surface area (Å²) in [4.78, 5) is 25.9. The molecule has 166 valence electrons. The fraction of sp³-hybridized carbons (Fsp3) is 0.565. The van der Waals surface area contributed by atoms with E-state index in [1.807, 2.05) is 25.7 Å². The van der Waals surface area contributed by atoms with Gasteiger partial charge in [0.05, 0.1) is 18.6 Å². The van der Waals surface area contributed by atoms with Crippen LogP contribution in [-0.4, -0.2) is 53.5 Å². The Kier molecular flexibility index (Phi) is 8.72. The zero-order valence-electron chi connectivity index (χ0n) is 18.3. The molecule has 7 nitrogen and oxygen atoms in total. The standard InChI is InChI=1S/C23H33NO6/c1-17(30-23(2,3)4)29-22(27)12-15-28-19-10-8-18(20(25)16-19)9-11-21(26)24-13-6-5-7-14-24/h8-11,16-17,25H,5-7,12-15H2,1-4H3/b11-9+. The van der Waals surface area contributed by atoms with E-state index in [0.717, 1.165) is 32.4 Å². The van der Waals surface area contributed by atoms with Crippen molar-refractivity contribution >= 4 is 18.0 Å². The zero-order valence-corrected chi connectivity index (χ0v) is 18.3. The highest BCUT2D eigenvalue weighted by Crippen LogP contribution is 2.25. The van der Waals surface area contributed by atoms with E-state index in [4.69, 9.17) is 14.2 Å². The summed E-state index contributed by atoms with van der Waals surface area (Å²) in [5.74, 6) is -0.0341. The van der Waals surface area contributed by atoms with Crippen LogP contribution in [0.25, 0.3) is 6.08 Å². The summed E-state index contributed by atoms with van der Waals surface area (Å²) in [6.07, 6.45) is 5.74. The van der Waals surface area contributed by atoms with Crippen molar-refractivity contribution in [2.45, 2.75) is 65.3 Å². The molecular formula is C23H33NO6. The largest absolute Gasteiger partial charge is 0.507 e. The number of esters is 1. The van der Waals surface area contributed by atoms with Crippen LogP contribution in [0.4, 0.5) is 0 Å². The van der Waals surface area contributed by atoms with Crippen molar-refractivity contribution in [1.29, 1.82) is 0 Å². The first-order valence-electron chi connectivity index (χ1n) is 10.4. The molecule has 30 heavy (non-hydrogen) atoms. The van der Waals surface area contributed by atoms with Gasteiger partial charge in [-0.2, -0.15) is 0 Å². The van der Waals surface area contributed by atoms with Crippen molar-refractivity contribution in [3.8, 4) is 11.5 Å². The topological polar surface area (TPSA) is 85.3 Å². The number of aromatic hydroxyl groups is 1. The van der Waals surface area contributed by atoms with E-state index in [1.54, 1.807) is 25.1 Å². The first-order chi connectivity index (χ1) is 14.1. The minimum absolute atomic E-state index is 0.00460. The maximum atomic E-state index is 12.2. The van der Waals surface area contributed by atoms with E-state index in [-0.39, 0.29) is 24.7 Å². The number of benzene rings is 1. The van der Waals surface area contributed by atoms with Crippen molar-refractivity contribution < 1.29 is 28.9 Å². The summed E-state index contributed by atoms with van der Waals surface area (Å²) in [7, 11) is 0. The minimum Gasteiger partial charge on any atom is -0.507 e. The third-order valence-corrected chi connectivity index (χ3v) is 4.47. The first-order valence-corrected chi connectivity index (χ1v) is 10.4. The summed E-state index contributed by atoms with van der Waals surface area (Å²) in [6.45, 7) is 9.00. The van der Waals surface area contributed by atoms with Crippen molar-refractivity contribution in [2.75, 3.05) is 19.7 Å². The molecule has 0 aliphatic carbocycles. The van der Waals surface area contributed by atoms with E-state index in [0.29, 0.717) is 11.3 Å². The zero-order chi connectivity index (χ0) is 22.1. The Morgan fingerprint density at radius 2 is 1.90 bits per heavy atom. The number of ether oxygens (including phenoxy) is 3. The highest BCUT2D eigenvalue weighted by atomic mass is 16.7. The SMILES string of the molecule is CC(OC(=O)CCOc1ccc(/C=C/C(=O)N2CCCCC2)c(O)c1)OC(C)(C)C. The summed E-state index contributed by atoms with van der Waals surface area (Å²) in [5.41, 5.74) is 0.128. The number of amides is 1. The number of hydrogen-bond donors (Lipinski definition) is 1.